The molecule has 1 aromatic rings. The van der Waals surface area contributed by atoms with Gasteiger partial charge in [0.2, 0.25) is 0 Å². The van der Waals surface area contributed by atoms with Crippen molar-refractivity contribution in [3.05, 3.63) is 29.8 Å². The van der Waals surface area contributed by atoms with E-state index in [1.54, 1.807) is 24.3 Å². The van der Waals surface area contributed by atoms with Crippen LogP contribution in [0.3, 0.4) is 0 Å². The average molecular weight is 289 g/mol. The molecule has 1 aliphatic heterocycles. The highest BCUT2D eigenvalue weighted by molar-refractivity contribution is 5.71. The van der Waals surface area contributed by atoms with Crippen molar-refractivity contribution in [1.29, 1.82) is 0 Å². The summed E-state index contributed by atoms with van der Waals surface area (Å²) in [5, 5.41) is 8.73. The quantitative estimate of drug-likeness (QED) is 0.926. The Morgan fingerprint density at radius 3 is 2.75 bits per heavy atom. The van der Waals surface area contributed by atoms with Crippen LogP contribution in [0.25, 0.3) is 0 Å². The van der Waals surface area contributed by atoms with Gasteiger partial charge in [0, 0.05) is 25.2 Å². The van der Waals surface area contributed by atoms with Gasteiger partial charge in [-0.15, -0.1) is 0 Å². The average Bonchev–Trinajstić information content (AvgIpc) is 2.55. The van der Waals surface area contributed by atoms with Gasteiger partial charge in [-0.1, -0.05) is 18.2 Å². The second kappa shape index (κ2) is 5.70. The lowest BCUT2D eigenvalue weighted by atomic mass is 10.1. The van der Waals surface area contributed by atoms with Gasteiger partial charge in [-0.05, 0) is 6.07 Å². The smallest absolute Gasteiger partial charge is 0.403 e. The Bertz CT molecular complexity index is 490. The van der Waals surface area contributed by atoms with Crippen molar-refractivity contribution >= 4 is 5.97 Å². The van der Waals surface area contributed by atoms with Crippen LogP contribution >= 0.6 is 0 Å². The first-order chi connectivity index (χ1) is 9.38. The lowest BCUT2D eigenvalue weighted by Crippen LogP contribution is -2.41. The molecule has 1 aliphatic rings. The van der Waals surface area contributed by atoms with Crippen LogP contribution in [0, 0.1) is 5.92 Å². The molecule has 20 heavy (non-hydrogen) atoms. The summed E-state index contributed by atoms with van der Waals surface area (Å²) in [4.78, 5) is 12.2. The molecule has 1 unspecified atom stereocenters. The maximum Gasteiger partial charge on any atom is 0.403 e. The molecule has 0 bridgehead atoms. The lowest BCUT2D eigenvalue weighted by Gasteiger charge is -2.24. The number of hydrogen-bond acceptors (Lipinski definition) is 3. The first-order valence-corrected chi connectivity index (χ1v) is 6.10. The summed E-state index contributed by atoms with van der Waals surface area (Å²) in [6, 6.07) is 7.06. The van der Waals surface area contributed by atoms with Crippen molar-refractivity contribution < 1.29 is 27.8 Å². The van der Waals surface area contributed by atoms with Crippen molar-refractivity contribution in [1.82, 2.24) is 4.90 Å². The summed E-state index contributed by atoms with van der Waals surface area (Å²) in [7, 11) is 0. The van der Waals surface area contributed by atoms with E-state index in [1.807, 2.05) is 0 Å². The van der Waals surface area contributed by atoms with Crippen LogP contribution in [0.2, 0.25) is 0 Å². The van der Waals surface area contributed by atoms with Crippen LogP contribution in [-0.4, -0.2) is 41.8 Å². The Morgan fingerprint density at radius 1 is 1.40 bits per heavy atom. The highest BCUT2D eigenvalue weighted by atomic mass is 19.4. The van der Waals surface area contributed by atoms with Crippen molar-refractivity contribution in [2.45, 2.75) is 12.7 Å². The molecule has 0 spiro atoms. The highest BCUT2D eigenvalue weighted by Gasteiger charge is 2.46. The minimum Gasteiger partial charge on any atom is -0.492 e. The van der Waals surface area contributed by atoms with E-state index in [4.69, 9.17) is 9.84 Å². The van der Waals surface area contributed by atoms with Gasteiger partial charge in [-0.25, -0.2) is 0 Å². The van der Waals surface area contributed by atoms with Gasteiger partial charge in [0.1, 0.15) is 12.4 Å². The normalized spacial score (nSPS) is 17.8. The summed E-state index contributed by atoms with van der Waals surface area (Å²) < 4.78 is 43.5. The van der Waals surface area contributed by atoms with Gasteiger partial charge >= 0.3 is 12.1 Å². The number of carboxylic acid groups (broad SMARTS) is 1. The topological polar surface area (TPSA) is 49.8 Å². The van der Waals surface area contributed by atoms with E-state index in [9.17, 15) is 18.0 Å². The molecule has 2 rings (SSSR count). The molecular formula is C13H14F3NO3. The van der Waals surface area contributed by atoms with Crippen LogP contribution in [0.1, 0.15) is 5.56 Å². The summed E-state index contributed by atoms with van der Waals surface area (Å²) in [5.74, 6) is -3.60. The summed E-state index contributed by atoms with van der Waals surface area (Å²) in [6.45, 7) is 0.169. The molecule has 1 aromatic carbocycles. The van der Waals surface area contributed by atoms with Crippen molar-refractivity contribution in [3.8, 4) is 5.75 Å². The van der Waals surface area contributed by atoms with E-state index < -0.39 is 24.6 Å². The Kier molecular flexibility index (Phi) is 4.17. The Morgan fingerprint density at radius 2 is 2.10 bits per heavy atom. The van der Waals surface area contributed by atoms with Gasteiger partial charge in [0.05, 0.1) is 0 Å². The zero-order chi connectivity index (χ0) is 14.8. The first-order valence-electron chi connectivity index (χ1n) is 6.10. The predicted octanol–water partition coefficient (Wildman–Crippen LogP) is 2.14. The number of halogens is 3. The Hall–Kier alpha value is -1.76. The molecule has 0 radical (unpaired) electrons. The van der Waals surface area contributed by atoms with Crippen LogP contribution < -0.4 is 4.74 Å². The molecule has 0 aliphatic carbocycles. The molecule has 0 saturated carbocycles. The van der Waals surface area contributed by atoms with E-state index >= 15 is 0 Å². The molecule has 110 valence electrons. The maximum absolute atomic E-state index is 12.7. The minimum absolute atomic E-state index is 0.237. The third-order valence-electron chi connectivity index (χ3n) is 3.17. The number of aliphatic carboxylic acids is 1. The number of carboxylic acids is 1. The van der Waals surface area contributed by atoms with Crippen LogP contribution in [0.5, 0.6) is 5.75 Å². The van der Waals surface area contributed by atoms with E-state index in [2.05, 4.69) is 0 Å². The third-order valence-corrected chi connectivity index (χ3v) is 3.17. The number of rotatable bonds is 3. The maximum atomic E-state index is 12.7. The molecule has 7 heteroatoms. The fraction of sp³-hybridized carbons (Fsp3) is 0.462. The van der Waals surface area contributed by atoms with Gasteiger partial charge < -0.3 is 9.84 Å². The minimum atomic E-state index is -4.75. The second-order valence-corrected chi connectivity index (χ2v) is 4.62. The van der Waals surface area contributed by atoms with Crippen LogP contribution in [0.4, 0.5) is 13.2 Å². The van der Waals surface area contributed by atoms with E-state index in [-0.39, 0.29) is 19.7 Å². The number of ether oxygens (including phenoxy) is 1. The number of alkyl halides is 3. The van der Waals surface area contributed by atoms with Gasteiger partial charge in [-0.3, -0.25) is 9.69 Å². The predicted molar refractivity (Wildman–Crippen MR) is 64.4 cm³/mol. The van der Waals surface area contributed by atoms with Gasteiger partial charge in [0.15, 0.2) is 5.92 Å². The fourth-order valence-electron chi connectivity index (χ4n) is 2.12. The summed E-state index contributed by atoms with van der Waals surface area (Å²) in [5.41, 5.74) is 0.760. The molecule has 0 amide bonds. The number of para-hydroxylation sites is 1. The van der Waals surface area contributed by atoms with Gasteiger partial charge in [-0.2, -0.15) is 13.2 Å². The zero-order valence-corrected chi connectivity index (χ0v) is 10.6. The Balaban J connectivity index is 2.12. The van der Waals surface area contributed by atoms with Crippen LogP contribution in [0.15, 0.2) is 24.3 Å². The SMILES string of the molecule is O=C(O)C(CN1CCOc2ccccc2C1)C(F)(F)F. The monoisotopic (exact) mass is 289 g/mol. The molecule has 0 fully saturated rings. The van der Waals surface area contributed by atoms with Crippen molar-refractivity contribution in [2.75, 3.05) is 19.7 Å². The number of carbonyl (C=O) groups is 1. The zero-order valence-electron chi connectivity index (χ0n) is 10.6. The van der Waals surface area contributed by atoms with E-state index in [0.717, 1.165) is 5.56 Å². The van der Waals surface area contributed by atoms with E-state index in [1.165, 1.54) is 4.90 Å². The van der Waals surface area contributed by atoms with Crippen molar-refractivity contribution in [3.63, 3.8) is 0 Å². The standard InChI is InChI=1S/C13H14F3NO3/c14-13(15,16)10(12(18)19)8-17-5-6-20-11-4-2-1-3-9(11)7-17/h1-4,10H,5-8H2,(H,18,19). The molecule has 1 heterocycles. The fourth-order valence-corrected chi connectivity index (χ4v) is 2.12. The largest absolute Gasteiger partial charge is 0.492 e. The number of hydrogen-bond donors (Lipinski definition) is 1. The molecule has 1 N–H and O–H groups in total. The second-order valence-electron chi connectivity index (χ2n) is 4.62. The number of benzene rings is 1. The summed E-state index contributed by atoms with van der Waals surface area (Å²) in [6.07, 6.45) is -4.75. The lowest BCUT2D eigenvalue weighted by molar-refractivity contribution is -0.196. The van der Waals surface area contributed by atoms with Crippen molar-refractivity contribution in [2.24, 2.45) is 5.92 Å². The number of nitrogens with zero attached hydrogens (tertiary/aromatic N) is 1. The third kappa shape index (κ3) is 3.41. The van der Waals surface area contributed by atoms with Crippen LogP contribution in [-0.2, 0) is 11.3 Å². The molecular weight excluding hydrogens is 275 g/mol. The molecule has 4 nitrogen and oxygen atoms in total. The first kappa shape index (κ1) is 14.6. The van der Waals surface area contributed by atoms with E-state index in [0.29, 0.717) is 5.75 Å². The number of fused-ring (bicyclic) bond motifs is 1. The highest BCUT2D eigenvalue weighted by Crippen LogP contribution is 2.29. The molecule has 0 saturated heterocycles. The van der Waals surface area contributed by atoms with Gasteiger partial charge in [0.25, 0.3) is 0 Å². The molecule has 0 aromatic heterocycles. The summed E-state index contributed by atoms with van der Waals surface area (Å²) >= 11 is 0. The molecule has 1 atom stereocenters. The Labute approximate surface area is 113 Å².